The van der Waals surface area contributed by atoms with Gasteiger partial charge in [-0.15, -0.1) is 0 Å². The molecule has 0 aliphatic carbocycles. The van der Waals surface area contributed by atoms with Crippen molar-refractivity contribution in [3.05, 3.63) is 62.2 Å². The Morgan fingerprint density at radius 1 is 0.857 bits per heavy atom. The number of nitro groups is 2. The minimum atomic E-state index is -3.99. The number of rotatable bonds is 8. The highest BCUT2D eigenvalue weighted by molar-refractivity contribution is 7.89. The second-order valence-electron chi connectivity index (χ2n) is 8.47. The summed E-state index contributed by atoms with van der Waals surface area (Å²) in [5, 5.41) is 26.7. The number of nitrogens with one attached hydrogen (secondary N) is 1. The standard InChI is InChI=1S/C22H26N6O6S/c29-27(30)18-7-9-21(25-10-4-5-11-25)17(14-18)16-23-24-20-8-6-19(28(31)32)15-22(20)35(33,34)26-12-2-1-3-13-26/h6-9,14-16,24H,1-5,10-13H2. The Labute approximate surface area is 202 Å². The van der Waals surface area contributed by atoms with Crippen LogP contribution in [-0.4, -0.2) is 55.0 Å². The third kappa shape index (κ3) is 5.41. The summed E-state index contributed by atoms with van der Waals surface area (Å²) < 4.78 is 27.9. The first kappa shape index (κ1) is 24.5. The molecule has 2 aliphatic heterocycles. The number of nitrogens with zero attached hydrogens (tertiary/aromatic N) is 5. The van der Waals surface area contributed by atoms with E-state index in [1.807, 2.05) is 0 Å². The number of anilines is 2. The summed E-state index contributed by atoms with van der Waals surface area (Å²) in [7, 11) is -3.99. The average molecular weight is 503 g/mol. The van der Waals surface area contributed by atoms with Crippen LogP contribution >= 0.6 is 0 Å². The molecule has 13 heteroatoms. The lowest BCUT2D eigenvalue weighted by Gasteiger charge is -2.26. The summed E-state index contributed by atoms with van der Waals surface area (Å²) >= 11 is 0. The van der Waals surface area contributed by atoms with Crippen LogP contribution < -0.4 is 10.3 Å². The fourth-order valence-electron chi connectivity index (χ4n) is 4.35. The molecule has 1 N–H and O–H groups in total. The Morgan fingerprint density at radius 2 is 1.46 bits per heavy atom. The molecule has 2 fully saturated rings. The molecule has 0 amide bonds. The van der Waals surface area contributed by atoms with Crippen molar-refractivity contribution >= 4 is 39.0 Å². The molecule has 2 aromatic rings. The van der Waals surface area contributed by atoms with Crippen LogP contribution in [0.5, 0.6) is 0 Å². The van der Waals surface area contributed by atoms with Crippen LogP contribution in [0.4, 0.5) is 22.7 Å². The predicted octanol–water partition coefficient (Wildman–Crippen LogP) is 3.72. The van der Waals surface area contributed by atoms with E-state index in [1.165, 1.54) is 34.8 Å². The van der Waals surface area contributed by atoms with E-state index < -0.39 is 19.9 Å². The highest BCUT2D eigenvalue weighted by Crippen LogP contribution is 2.31. The van der Waals surface area contributed by atoms with Crippen molar-refractivity contribution in [3.8, 4) is 0 Å². The number of sulfonamides is 1. The quantitative estimate of drug-likeness (QED) is 0.326. The number of hydrogen-bond acceptors (Lipinski definition) is 9. The molecule has 0 bridgehead atoms. The van der Waals surface area contributed by atoms with Gasteiger partial charge in [0.25, 0.3) is 11.4 Å². The van der Waals surface area contributed by atoms with E-state index in [9.17, 15) is 28.6 Å². The summed E-state index contributed by atoms with van der Waals surface area (Å²) in [4.78, 5) is 23.3. The first-order valence-electron chi connectivity index (χ1n) is 11.4. The van der Waals surface area contributed by atoms with E-state index in [4.69, 9.17) is 0 Å². The fraction of sp³-hybridized carbons (Fsp3) is 0.409. The van der Waals surface area contributed by atoms with Crippen LogP contribution in [0, 0.1) is 20.2 Å². The maximum Gasteiger partial charge on any atom is 0.270 e. The minimum Gasteiger partial charge on any atom is -0.371 e. The van der Waals surface area contributed by atoms with Crippen LogP contribution in [0.1, 0.15) is 37.7 Å². The van der Waals surface area contributed by atoms with Gasteiger partial charge in [-0.3, -0.25) is 25.7 Å². The molecule has 2 saturated heterocycles. The van der Waals surface area contributed by atoms with E-state index >= 15 is 0 Å². The molecule has 0 aromatic heterocycles. The molecule has 35 heavy (non-hydrogen) atoms. The van der Waals surface area contributed by atoms with Crippen molar-refractivity contribution in [1.82, 2.24) is 4.31 Å². The SMILES string of the molecule is O=[N+]([O-])c1ccc(N2CCCC2)c(C=NNc2ccc([N+](=O)[O-])cc2S(=O)(=O)N2CCCCC2)c1. The molecule has 2 aromatic carbocycles. The Kier molecular flexibility index (Phi) is 7.26. The van der Waals surface area contributed by atoms with Crippen molar-refractivity contribution in [1.29, 1.82) is 0 Å². The van der Waals surface area contributed by atoms with Crippen molar-refractivity contribution in [2.75, 3.05) is 36.5 Å². The van der Waals surface area contributed by atoms with Crippen LogP contribution in [0.2, 0.25) is 0 Å². The number of hydrogen-bond donors (Lipinski definition) is 1. The molecule has 4 rings (SSSR count). The number of benzene rings is 2. The number of hydrazone groups is 1. The highest BCUT2D eigenvalue weighted by atomic mass is 32.2. The summed E-state index contributed by atoms with van der Waals surface area (Å²) in [5.74, 6) is 0. The molecule has 0 atom stereocenters. The smallest absolute Gasteiger partial charge is 0.270 e. The van der Waals surface area contributed by atoms with E-state index in [0.717, 1.165) is 56.9 Å². The maximum absolute atomic E-state index is 13.3. The molecule has 2 heterocycles. The van der Waals surface area contributed by atoms with Gasteiger partial charge in [0.15, 0.2) is 0 Å². The van der Waals surface area contributed by atoms with Crippen LogP contribution in [0.25, 0.3) is 0 Å². The largest absolute Gasteiger partial charge is 0.371 e. The first-order valence-corrected chi connectivity index (χ1v) is 12.8. The Hall–Kier alpha value is -3.58. The summed E-state index contributed by atoms with van der Waals surface area (Å²) in [6.45, 7) is 2.35. The van der Waals surface area contributed by atoms with Crippen LogP contribution in [-0.2, 0) is 10.0 Å². The lowest BCUT2D eigenvalue weighted by Crippen LogP contribution is -2.35. The van der Waals surface area contributed by atoms with Crippen molar-refractivity contribution in [3.63, 3.8) is 0 Å². The molecule has 12 nitrogen and oxygen atoms in total. The third-order valence-corrected chi connectivity index (χ3v) is 8.10. The molecular formula is C22H26N6O6S. The molecular weight excluding hydrogens is 476 g/mol. The summed E-state index contributed by atoms with van der Waals surface area (Å²) in [6, 6.07) is 8.09. The topological polar surface area (TPSA) is 151 Å². The van der Waals surface area contributed by atoms with Crippen molar-refractivity contribution < 1.29 is 18.3 Å². The molecule has 0 spiro atoms. The van der Waals surface area contributed by atoms with Crippen molar-refractivity contribution in [2.24, 2.45) is 5.10 Å². The second kappa shape index (κ2) is 10.4. The predicted molar refractivity (Wildman–Crippen MR) is 131 cm³/mol. The Bertz CT molecular complexity index is 1250. The van der Waals surface area contributed by atoms with Crippen LogP contribution in [0.15, 0.2) is 46.4 Å². The highest BCUT2D eigenvalue weighted by Gasteiger charge is 2.30. The zero-order valence-corrected chi connectivity index (χ0v) is 19.8. The van der Waals surface area contributed by atoms with Gasteiger partial charge in [0.1, 0.15) is 4.90 Å². The normalized spacial score (nSPS) is 17.1. The van der Waals surface area contributed by atoms with Crippen molar-refractivity contribution in [2.45, 2.75) is 37.0 Å². The van der Waals surface area contributed by atoms with E-state index in [-0.39, 0.29) is 22.0 Å². The summed E-state index contributed by atoms with van der Waals surface area (Å²) in [5.41, 5.74) is 3.66. The first-order chi connectivity index (χ1) is 16.8. The zero-order valence-electron chi connectivity index (χ0n) is 19.0. The maximum atomic E-state index is 13.3. The minimum absolute atomic E-state index is 0.0851. The zero-order chi connectivity index (χ0) is 25.0. The van der Waals surface area contributed by atoms with Gasteiger partial charge in [-0.1, -0.05) is 6.42 Å². The van der Waals surface area contributed by atoms with Gasteiger partial charge in [-0.05, 0) is 37.8 Å². The molecule has 0 saturated carbocycles. The van der Waals surface area contributed by atoms with Gasteiger partial charge in [0, 0.05) is 61.7 Å². The average Bonchev–Trinajstić information content (AvgIpc) is 3.39. The molecule has 2 aliphatic rings. The fourth-order valence-corrected chi connectivity index (χ4v) is 6.03. The summed E-state index contributed by atoms with van der Waals surface area (Å²) in [6.07, 6.45) is 5.82. The van der Waals surface area contributed by atoms with Gasteiger partial charge < -0.3 is 4.90 Å². The van der Waals surface area contributed by atoms with E-state index in [2.05, 4.69) is 15.4 Å². The lowest BCUT2D eigenvalue weighted by atomic mass is 10.1. The van der Waals surface area contributed by atoms with Gasteiger partial charge in [-0.25, -0.2) is 8.42 Å². The van der Waals surface area contributed by atoms with E-state index in [1.54, 1.807) is 6.07 Å². The number of nitro benzene ring substituents is 2. The monoisotopic (exact) mass is 502 g/mol. The molecule has 0 unspecified atom stereocenters. The Morgan fingerprint density at radius 3 is 2.11 bits per heavy atom. The van der Waals surface area contributed by atoms with Gasteiger partial charge in [0.05, 0.1) is 21.7 Å². The lowest BCUT2D eigenvalue weighted by molar-refractivity contribution is -0.385. The van der Waals surface area contributed by atoms with Gasteiger partial charge >= 0.3 is 0 Å². The third-order valence-electron chi connectivity index (χ3n) is 6.17. The Balaban J connectivity index is 1.67. The molecule has 186 valence electrons. The van der Waals surface area contributed by atoms with Gasteiger partial charge in [-0.2, -0.15) is 9.41 Å². The van der Waals surface area contributed by atoms with Gasteiger partial charge in [0.2, 0.25) is 10.0 Å². The second-order valence-corrected chi connectivity index (χ2v) is 10.4. The number of piperidine rings is 1. The van der Waals surface area contributed by atoms with E-state index in [0.29, 0.717) is 18.7 Å². The molecule has 0 radical (unpaired) electrons. The van der Waals surface area contributed by atoms with Crippen LogP contribution in [0.3, 0.4) is 0 Å². The number of non-ortho nitro benzene ring substituents is 2.